The fraction of sp³-hybridized carbons (Fsp3) is 0.455. The molecule has 1 aliphatic rings. The van der Waals surface area contributed by atoms with Crippen molar-refractivity contribution in [2.75, 3.05) is 13.1 Å². The van der Waals surface area contributed by atoms with E-state index in [4.69, 9.17) is 5.11 Å². The van der Waals surface area contributed by atoms with Crippen molar-refractivity contribution in [2.45, 2.75) is 17.5 Å². The molecule has 6 nitrogen and oxygen atoms in total. The molecule has 116 valence electrons. The first kappa shape index (κ1) is 15.7. The number of hydrogen-bond acceptors (Lipinski definition) is 4. The van der Waals surface area contributed by atoms with Gasteiger partial charge in [0.2, 0.25) is 10.0 Å². The predicted octanol–water partition coefficient (Wildman–Crippen LogP) is 1.20. The number of halogens is 3. The predicted molar refractivity (Wildman–Crippen MR) is 63.7 cm³/mol. The Bertz CT molecular complexity index is 642. The largest absolute Gasteiger partial charge is 0.481 e. The van der Waals surface area contributed by atoms with Crippen molar-refractivity contribution in [3.05, 3.63) is 24.0 Å². The van der Waals surface area contributed by atoms with E-state index in [2.05, 4.69) is 4.98 Å². The van der Waals surface area contributed by atoms with Crippen molar-refractivity contribution in [1.82, 2.24) is 9.29 Å². The normalized spacial score (nSPS) is 20.6. The molecule has 1 saturated heterocycles. The molecule has 1 unspecified atom stereocenters. The van der Waals surface area contributed by atoms with Gasteiger partial charge in [0.05, 0.1) is 5.92 Å². The van der Waals surface area contributed by atoms with Crippen LogP contribution >= 0.6 is 0 Å². The second-order valence-corrected chi connectivity index (χ2v) is 6.50. The van der Waals surface area contributed by atoms with Gasteiger partial charge in [-0.05, 0) is 18.6 Å². The highest BCUT2D eigenvalue weighted by Crippen LogP contribution is 2.29. The van der Waals surface area contributed by atoms with Crippen molar-refractivity contribution in [2.24, 2.45) is 5.92 Å². The lowest BCUT2D eigenvalue weighted by atomic mass is 10.1. The number of carbonyl (C=O) groups is 1. The summed E-state index contributed by atoms with van der Waals surface area (Å²) in [6, 6.07) is 1.40. The molecule has 1 aromatic heterocycles. The quantitative estimate of drug-likeness (QED) is 0.902. The molecule has 21 heavy (non-hydrogen) atoms. The summed E-state index contributed by atoms with van der Waals surface area (Å²) < 4.78 is 62.4. The number of aliphatic carboxylic acids is 1. The molecule has 2 heterocycles. The van der Waals surface area contributed by atoms with Crippen LogP contribution < -0.4 is 0 Å². The first-order chi connectivity index (χ1) is 9.62. The minimum atomic E-state index is -4.65. The Balaban J connectivity index is 2.23. The fourth-order valence-electron chi connectivity index (χ4n) is 2.00. The Kier molecular flexibility index (Phi) is 3.93. The lowest BCUT2D eigenvalue weighted by Crippen LogP contribution is -2.30. The molecular weight excluding hydrogens is 313 g/mol. The van der Waals surface area contributed by atoms with E-state index in [1.807, 2.05) is 0 Å². The van der Waals surface area contributed by atoms with Gasteiger partial charge in [-0.1, -0.05) is 0 Å². The summed E-state index contributed by atoms with van der Waals surface area (Å²) in [5.41, 5.74) is -1.19. The Hall–Kier alpha value is -1.68. The summed E-state index contributed by atoms with van der Waals surface area (Å²) in [5, 5.41) is 8.83. The second kappa shape index (κ2) is 5.26. The molecule has 1 atom stereocenters. The highest BCUT2D eigenvalue weighted by Gasteiger charge is 2.37. The smallest absolute Gasteiger partial charge is 0.433 e. The molecule has 1 N–H and O–H groups in total. The van der Waals surface area contributed by atoms with Gasteiger partial charge in [-0.3, -0.25) is 9.78 Å². The van der Waals surface area contributed by atoms with Gasteiger partial charge < -0.3 is 5.11 Å². The first-order valence-corrected chi connectivity index (χ1v) is 7.32. The number of alkyl halides is 3. The lowest BCUT2D eigenvalue weighted by Gasteiger charge is -2.16. The van der Waals surface area contributed by atoms with Crippen LogP contribution in [0.1, 0.15) is 12.1 Å². The Morgan fingerprint density at radius 3 is 2.48 bits per heavy atom. The molecule has 10 heteroatoms. The average Bonchev–Trinajstić information content (AvgIpc) is 2.88. The summed E-state index contributed by atoms with van der Waals surface area (Å²) in [5.74, 6) is -1.90. The molecule has 0 amide bonds. The van der Waals surface area contributed by atoms with Gasteiger partial charge in [0.1, 0.15) is 10.6 Å². The number of aromatic nitrogens is 1. The maximum Gasteiger partial charge on any atom is 0.433 e. The number of nitrogens with zero attached hydrogens (tertiary/aromatic N) is 2. The summed E-state index contributed by atoms with van der Waals surface area (Å²) >= 11 is 0. The van der Waals surface area contributed by atoms with E-state index in [-0.39, 0.29) is 24.4 Å². The maximum atomic E-state index is 12.4. The lowest BCUT2D eigenvalue weighted by molar-refractivity contribution is -0.142. The minimum absolute atomic E-state index is 0.0142. The highest BCUT2D eigenvalue weighted by molar-refractivity contribution is 7.89. The van der Waals surface area contributed by atoms with Crippen molar-refractivity contribution in [3.8, 4) is 0 Å². The number of rotatable bonds is 3. The van der Waals surface area contributed by atoms with E-state index in [9.17, 15) is 26.4 Å². The Morgan fingerprint density at radius 2 is 2.05 bits per heavy atom. The van der Waals surface area contributed by atoms with E-state index in [0.717, 1.165) is 10.4 Å². The number of hydrogen-bond donors (Lipinski definition) is 1. The summed E-state index contributed by atoms with van der Waals surface area (Å²) in [6.45, 7) is -0.182. The number of carboxylic acid groups (broad SMARTS) is 1. The van der Waals surface area contributed by atoms with Crippen LogP contribution in [0.15, 0.2) is 23.2 Å². The summed E-state index contributed by atoms with van der Waals surface area (Å²) in [4.78, 5) is 13.5. The zero-order chi connectivity index (χ0) is 15.8. The van der Waals surface area contributed by atoms with Crippen molar-refractivity contribution < 1.29 is 31.5 Å². The number of sulfonamides is 1. The molecule has 0 aromatic carbocycles. The molecule has 1 aromatic rings. The maximum absolute atomic E-state index is 12.4. The van der Waals surface area contributed by atoms with Crippen LogP contribution in [-0.2, 0) is 21.0 Å². The number of pyridine rings is 1. The van der Waals surface area contributed by atoms with Crippen LogP contribution in [0.3, 0.4) is 0 Å². The first-order valence-electron chi connectivity index (χ1n) is 5.88. The molecule has 2 rings (SSSR count). The third kappa shape index (κ3) is 3.16. The molecule has 0 saturated carbocycles. The Morgan fingerprint density at radius 1 is 1.38 bits per heavy atom. The fourth-order valence-corrected chi connectivity index (χ4v) is 3.44. The molecule has 0 spiro atoms. The molecule has 1 fully saturated rings. The summed E-state index contributed by atoms with van der Waals surface area (Å²) in [7, 11) is -4.03. The van der Waals surface area contributed by atoms with Crippen LogP contribution in [0.5, 0.6) is 0 Å². The third-order valence-electron chi connectivity index (χ3n) is 3.16. The number of carboxylic acids is 1. The standard InChI is InChI=1S/C11H11F3N2O4S/c12-11(13,14)9-2-1-8(5-15-9)21(19,20)16-4-3-7(6-16)10(17)18/h1-2,5,7H,3-4,6H2,(H,17,18). The van der Waals surface area contributed by atoms with Crippen LogP contribution in [0.25, 0.3) is 0 Å². The van der Waals surface area contributed by atoms with E-state index < -0.39 is 33.8 Å². The van der Waals surface area contributed by atoms with Gasteiger partial charge >= 0.3 is 12.1 Å². The van der Waals surface area contributed by atoms with Gasteiger partial charge in [-0.15, -0.1) is 0 Å². The van der Waals surface area contributed by atoms with Crippen molar-refractivity contribution in [3.63, 3.8) is 0 Å². The molecular formula is C11H11F3N2O4S. The van der Waals surface area contributed by atoms with Gasteiger partial charge in [-0.25, -0.2) is 8.42 Å². The van der Waals surface area contributed by atoms with E-state index in [1.54, 1.807) is 0 Å². The topological polar surface area (TPSA) is 87.6 Å². The third-order valence-corrected chi connectivity index (χ3v) is 5.01. The monoisotopic (exact) mass is 324 g/mol. The van der Waals surface area contributed by atoms with E-state index in [1.165, 1.54) is 0 Å². The van der Waals surface area contributed by atoms with E-state index in [0.29, 0.717) is 12.3 Å². The Labute approximate surface area is 118 Å². The van der Waals surface area contributed by atoms with Crippen LogP contribution in [-0.4, -0.2) is 41.9 Å². The molecule has 0 bridgehead atoms. The van der Waals surface area contributed by atoms with Crippen LogP contribution in [0.4, 0.5) is 13.2 Å². The zero-order valence-electron chi connectivity index (χ0n) is 10.5. The summed E-state index contributed by atoms with van der Waals surface area (Å²) in [6.07, 6.45) is -3.85. The van der Waals surface area contributed by atoms with Gasteiger partial charge in [0.15, 0.2) is 0 Å². The van der Waals surface area contributed by atoms with Gasteiger partial charge in [0, 0.05) is 19.3 Å². The van der Waals surface area contributed by atoms with Crippen LogP contribution in [0.2, 0.25) is 0 Å². The SMILES string of the molecule is O=C(O)C1CCN(S(=O)(=O)c2ccc(C(F)(F)F)nc2)C1. The van der Waals surface area contributed by atoms with Gasteiger partial charge in [-0.2, -0.15) is 17.5 Å². The average molecular weight is 324 g/mol. The molecule has 1 aliphatic heterocycles. The van der Waals surface area contributed by atoms with Crippen molar-refractivity contribution >= 4 is 16.0 Å². The zero-order valence-corrected chi connectivity index (χ0v) is 11.4. The van der Waals surface area contributed by atoms with E-state index >= 15 is 0 Å². The molecule has 0 aliphatic carbocycles. The van der Waals surface area contributed by atoms with Gasteiger partial charge in [0.25, 0.3) is 0 Å². The highest BCUT2D eigenvalue weighted by atomic mass is 32.2. The van der Waals surface area contributed by atoms with Crippen molar-refractivity contribution in [1.29, 1.82) is 0 Å². The minimum Gasteiger partial charge on any atom is -0.481 e. The molecule has 0 radical (unpaired) electrons. The van der Waals surface area contributed by atoms with Crippen LogP contribution in [0, 0.1) is 5.92 Å². The second-order valence-electron chi connectivity index (χ2n) is 4.56.